The number of benzene rings is 1. The zero-order valence-electron chi connectivity index (χ0n) is 17.8. The fourth-order valence-electron chi connectivity index (χ4n) is 3.13. The summed E-state index contributed by atoms with van der Waals surface area (Å²) in [5.41, 5.74) is 6.02. The summed E-state index contributed by atoms with van der Waals surface area (Å²) in [5, 5.41) is 10.5. The molecule has 1 unspecified atom stereocenters. The number of amides is 1. The molecule has 4 N–H and O–H groups in total. The first-order valence-corrected chi connectivity index (χ1v) is 9.96. The number of carboxylic acid groups (broad SMARTS) is 1. The third kappa shape index (κ3) is 7.74. The van der Waals surface area contributed by atoms with Crippen LogP contribution in [0.2, 0.25) is 0 Å². The van der Waals surface area contributed by atoms with Crippen LogP contribution in [0.5, 0.6) is 11.5 Å². The van der Waals surface area contributed by atoms with Crippen molar-refractivity contribution in [1.29, 1.82) is 0 Å². The van der Waals surface area contributed by atoms with Gasteiger partial charge in [-0.05, 0) is 31.0 Å². The molecule has 0 aliphatic carbocycles. The molecular weight excluding hydrogens is 402 g/mol. The smallest absolute Gasteiger partial charge is 0.300 e. The van der Waals surface area contributed by atoms with Crippen LogP contribution in [0.15, 0.2) is 36.8 Å². The Labute approximate surface area is 181 Å². The minimum absolute atomic E-state index is 0.0452. The first kappa shape index (κ1) is 23.9. The van der Waals surface area contributed by atoms with Gasteiger partial charge in [0.15, 0.2) is 11.5 Å². The topological polar surface area (TPSA) is 140 Å². The Bertz CT molecular complexity index is 845. The maximum Gasteiger partial charge on any atom is 0.300 e. The maximum absolute atomic E-state index is 12.7. The first-order valence-electron chi connectivity index (χ1n) is 9.96. The predicted molar refractivity (Wildman–Crippen MR) is 116 cm³/mol. The van der Waals surface area contributed by atoms with Crippen molar-refractivity contribution in [3.63, 3.8) is 0 Å². The van der Waals surface area contributed by atoms with Crippen LogP contribution in [0.25, 0.3) is 0 Å². The predicted octanol–water partition coefficient (Wildman–Crippen LogP) is 1.31. The molecule has 10 nitrogen and oxygen atoms in total. The number of methoxy groups -OCH3 is 1. The number of carbonyl (C=O) groups is 2. The van der Waals surface area contributed by atoms with E-state index in [9.17, 15) is 4.79 Å². The number of carbonyl (C=O) groups excluding carboxylic acids is 1. The summed E-state index contributed by atoms with van der Waals surface area (Å²) in [7, 11) is 1.56. The van der Waals surface area contributed by atoms with Gasteiger partial charge in [-0.25, -0.2) is 4.98 Å². The molecule has 1 fully saturated rings. The van der Waals surface area contributed by atoms with Crippen molar-refractivity contribution in [2.75, 3.05) is 38.3 Å². The van der Waals surface area contributed by atoms with E-state index in [1.807, 2.05) is 0 Å². The Morgan fingerprint density at radius 2 is 2.10 bits per heavy atom. The van der Waals surface area contributed by atoms with E-state index < -0.39 is 5.97 Å². The number of rotatable bonds is 7. The van der Waals surface area contributed by atoms with Crippen molar-refractivity contribution in [3.8, 4) is 11.5 Å². The van der Waals surface area contributed by atoms with E-state index in [0.717, 1.165) is 32.1 Å². The van der Waals surface area contributed by atoms with Crippen LogP contribution in [0.3, 0.4) is 0 Å². The molecule has 1 atom stereocenters. The van der Waals surface area contributed by atoms with E-state index in [1.54, 1.807) is 43.9 Å². The Hall–Kier alpha value is -3.40. The van der Waals surface area contributed by atoms with Crippen molar-refractivity contribution < 1.29 is 24.2 Å². The van der Waals surface area contributed by atoms with E-state index in [2.05, 4.69) is 20.2 Å². The van der Waals surface area contributed by atoms with Gasteiger partial charge in [0.05, 0.1) is 13.3 Å². The summed E-state index contributed by atoms with van der Waals surface area (Å²) in [6.45, 7) is 3.44. The SMILES string of the molecule is CC(=O)O.COc1ccc(C(=O)NC2CCCN(c3cnccn3)C2)cc1OCCN. The van der Waals surface area contributed by atoms with Gasteiger partial charge in [-0.1, -0.05) is 0 Å². The number of hydrogen-bond acceptors (Lipinski definition) is 8. The molecule has 3 rings (SSSR count). The number of ether oxygens (including phenoxy) is 2. The quantitative estimate of drug-likeness (QED) is 0.592. The highest BCUT2D eigenvalue weighted by atomic mass is 16.5. The van der Waals surface area contributed by atoms with Gasteiger partial charge in [0.2, 0.25) is 0 Å². The van der Waals surface area contributed by atoms with Crippen LogP contribution in [-0.2, 0) is 4.79 Å². The summed E-state index contributed by atoms with van der Waals surface area (Å²) in [6.07, 6.45) is 6.98. The van der Waals surface area contributed by atoms with Gasteiger partial charge in [0.25, 0.3) is 11.9 Å². The van der Waals surface area contributed by atoms with E-state index in [0.29, 0.717) is 36.8 Å². The van der Waals surface area contributed by atoms with E-state index in [4.69, 9.17) is 25.1 Å². The third-order valence-corrected chi connectivity index (χ3v) is 4.43. The van der Waals surface area contributed by atoms with Gasteiger partial charge < -0.3 is 30.5 Å². The van der Waals surface area contributed by atoms with Gasteiger partial charge in [0.1, 0.15) is 12.4 Å². The number of piperidine rings is 1. The summed E-state index contributed by atoms with van der Waals surface area (Å²) >= 11 is 0. The fraction of sp³-hybridized carbons (Fsp3) is 0.429. The average Bonchev–Trinajstić information content (AvgIpc) is 2.78. The number of aliphatic carboxylic acids is 1. The summed E-state index contributed by atoms with van der Waals surface area (Å²) in [6, 6.07) is 5.19. The zero-order chi connectivity index (χ0) is 22.6. The fourth-order valence-corrected chi connectivity index (χ4v) is 3.13. The van der Waals surface area contributed by atoms with Crippen molar-refractivity contribution in [3.05, 3.63) is 42.4 Å². The lowest BCUT2D eigenvalue weighted by Crippen LogP contribution is -2.48. The van der Waals surface area contributed by atoms with Gasteiger partial charge in [-0.2, -0.15) is 0 Å². The van der Waals surface area contributed by atoms with Crippen molar-refractivity contribution in [2.45, 2.75) is 25.8 Å². The first-order chi connectivity index (χ1) is 14.9. The molecule has 1 aliphatic heterocycles. The van der Waals surface area contributed by atoms with E-state index in [1.165, 1.54) is 0 Å². The molecular formula is C21H29N5O5. The minimum Gasteiger partial charge on any atom is -0.493 e. The highest BCUT2D eigenvalue weighted by Gasteiger charge is 2.23. The summed E-state index contributed by atoms with van der Waals surface area (Å²) in [4.78, 5) is 32.3. The van der Waals surface area contributed by atoms with Crippen LogP contribution < -0.4 is 25.4 Å². The molecule has 1 amide bonds. The Morgan fingerprint density at radius 3 is 2.74 bits per heavy atom. The van der Waals surface area contributed by atoms with E-state index >= 15 is 0 Å². The summed E-state index contributed by atoms with van der Waals surface area (Å²) < 4.78 is 10.9. The number of aromatic nitrogens is 2. The molecule has 1 saturated heterocycles. The van der Waals surface area contributed by atoms with Gasteiger partial charge in [-0.15, -0.1) is 0 Å². The second kappa shape index (κ2) is 12.3. The normalized spacial score (nSPS) is 15.3. The van der Waals surface area contributed by atoms with Crippen LogP contribution in [-0.4, -0.2) is 66.3 Å². The Balaban J connectivity index is 0.000000785. The largest absolute Gasteiger partial charge is 0.493 e. The van der Waals surface area contributed by atoms with Crippen LogP contribution in [0, 0.1) is 0 Å². The second-order valence-corrected chi connectivity index (χ2v) is 6.84. The zero-order valence-corrected chi connectivity index (χ0v) is 17.8. The Morgan fingerprint density at radius 1 is 1.32 bits per heavy atom. The van der Waals surface area contributed by atoms with E-state index in [-0.39, 0.29) is 11.9 Å². The number of carboxylic acids is 1. The van der Waals surface area contributed by atoms with Gasteiger partial charge >= 0.3 is 0 Å². The highest BCUT2D eigenvalue weighted by Crippen LogP contribution is 2.28. The van der Waals surface area contributed by atoms with Crippen molar-refractivity contribution >= 4 is 17.7 Å². The monoisotopic (exact) mass is 431 g/mol. The molecule has 0 radical (unpaired) electrons. The standard InChI is InChI=1S/C19H25N5O3.C2H4O2/c1-26-16-5-4-14(11-17(16)27-10-6-20)19(25)23-15-3-2-9-24(13-15)18-12-21-7-8-22-18;1-2(3)4/h4-5,7-8,11-12,15H,2-3,6,9-10,13,20H2,1H3,(H,23,25);1H3,(H,3,4). The number of nitrogens with two attached hydrogens (primary N) is 1. The molecule has 168 valence electrons. The summed E-state index contributed by atoms with van der Waals surface area (Å²) in [5.74, 6) is 0.950. The molecule has 1 aromatic heterocycles. The third-order valence-electron chi connectivity index (χ3n) is 4.43. The molecule has 0 spiro atoms. The molecule has 2 aromatic rings. The van der Waals surface area contributed by atoms with Crippen molar-refractivity contribution in [1.82, 2.24) is 15.3 Å². The second-order valence-electron chi connectivity index (χ2n) is 6.84. The lowest BCUT2D eigenvalue weighted by molar-refractivity contribution is -0.134. The molecule has 1 aromatic carbocycles. The van der Waals surface area contributed by atoms with Crippen molar-refractivity contribution in [2.24, 2.45) is 5.73 Å². The molecule has 1 aliphatic rings. The molecule has 31 heavy (non-hydrogen) atoms. The van der Waals surface area contributed by atoms with Crippen LogP contribution in [0.1, 0.15) is 30.1 Å². The van der Waals surface area contributed by atoms with Crippen LogP contribution >= 0.6 is 0 Å². The maximum atomic E-state index is 12.7. The average molecular weight is 431 g/mol. The lowest BCUT2D eigenvalue weighted by Gasteiger charge is -2.33. The lowest BCUT2D eigenvalue weighted by atomic mass is 10.0. The van der Waals surface area contributed by atoms with Crippen LogP contribution in [0.4, 0.5) is 5.82 Å². The molecule has 10 heteroatoms. The minimum atomic E-state index is -0.833. The van der Waals surface area contributed by atoms with Gasteiger partial charge in [-0.3, -0.25) is 14.6 Å². The number of nitrogens with one attached hydrogen (secondary N) is 1. The number of nitrogens with zero attached hydrogens (tertiary/aromatic N) is 3. The Kier molecular flexibility index (Phi) is 9.50. The number of hydrogen-bond donors (Lipinski definition) is 3. The highest BCUT2D eigenvalue weighted by molar-refractivity contribution is 5.95. The van der Waals surface area contributed by atoms with Gasteiger partial charge in [0, 0.05) is 50.6 Å². The molecule has 0 bridgehead atoms. The molecule has 2 heterocycles. The molecule has 0 saturated carbocycles. The number of anilines is 1.